The Hall–Kier alpha value is -1.41. The van der Waals surface area contributed by atoms with E-state index < -0.39 is 32.5 Å². The summed E-state index contributed by atoms with van der Waals surface area (Å²) in [6.07, 6.45) is -4.69. The van der Waals surface area contributed by atoms with Crippen LogP contribution in [0.4, 0.5) is 13.2 Å². The minimum atomic E-state index is -4.93. The number of halogens is 4. The minimum absolute atomic E-state index is 0.0336. The van der Waals surface area contributed by atoms with Gasteiger partial charge < -0.3 is 0 Å². The van der Waals surface area contributed by atoms with E-state index in [1.807, 2.05) is 0 Å². The Morgan fingerprint density at radius 3 is 2.39 bits per heavy atom. The molecule has 23 heavy (non-hydrogen) atoms. The van der Waals surface area contributed by atoms with Crippen molar-refractivity contribution in [1.29, 1.82) is 0 Å². The van der Waals surface area contributed by atoms with E-state index in [1.54, 1.807) is 13.8 Å². The van der Waals surface area contributed by atoms with Crippen LogP contribution in [0.5, 0.6) is 0 Å². The third-order valence-electron chi connectivity index (χ3n) is 3.12. The lowest BCUT2D eigenvalue weighted by Gasteiger charge is -2.13. The zero-order chi connectivity index (χ0) is 17.4. The van der Waals surface area contributed by atoms with Gasteiger partial charge in [0.25, 0.3) is 0 Å². The topological polar surface area (TPSA) is 59.9 Å². The van der Waals surface area contributed by atoms with Gasteiger partial charge in [-0.1, -0.05) is 25.4 Å². The zero-order valence-electron chi connectivity index (χ0n) is 12.4. The molecule has 1 aromatic heterocycles. The summed E-state index contributed by atoms with van der Waals surface area (Å²) in [6, 6.07) is 3.96. The maximum absolute atomic E-state index is 13.2. The van der Waals surface area contributed by atoms with Crippen LogP contribution in [0.1, 0.15) is 26.0 Å². The van der Waals surface area contributed by atoms with Crippen LogP contribution in [0.25, 0.3) is 11.0 Å². The molecule has 0 amide bonds. The molecule has 0 aliphatic carbocycles. The van der Waals surface area contributed by atoms with E-state index in [0.717, 1.165) is 0 Å². The van der Waals surface area contributed by atoms with Crippen LogP contribution in [0, 0.1) is 5.92 Å². The SMILES string of the molecule is CC(C)CCS(=O)(=O)c1nc2ccc(Cl)cc2nc1C(F)(F)F. The van der Waals surface area contributed by atoms with Crippen LogP contribution in [0.2, 0.25) is 5.02 Å². The number of sulfone groups is 1. The van der Waals surface area contributed by atoms with Gasteiger partial charge in [-0.2, -0.15) is 13.2 Å². The highest BCUT2D eigenvalue weighted by Crippen LogP contribution is 2.34. The number of aromatic nitrogens is 2. The molecule has 0 radical (unpaired) electrons. The van der Waals surface area contributed by atoms with E-state index in [1.165, 1.54) is 18.2 Å². The smallest absolute Gasteiger partial charge is 0.239 e. The van der Waals surface area contributed by atoms with Gasteiger partial charge in [0.15, 0.2) is 20.6 Å². The van der Waals surface area contributed by atoms with Gasteiger partial charge in [0.05, 0.1) is 16.8 Å². The van der Waals surface area contributed by atoms with Crippen molar-refractivity contribution in [1.82, 2.24) is 9.97 Å². The van der Waals surface area contributed by atoms with Gasteiger partial charge in [-0.15, -0.1) is 0 Å². The second-order valence-electron chi connectivity index (χ2n) is 5.51. The lowest BCUT2D eigenvalue weighted by molar-refractivity contribution is -0.143. The van der Waals surface area contributed by atoms with Crippen molar-refractivity contribution in [2.75, 3.05) is 5.75 Å². The van der Waals surface area contributed by atoms with Crippen molar-refractivity contribution in [2.45, 2.75) is 31.5 Å². The maximum atomic E-state index is 13.2. The normalized spacial score (nSPS) is 13.0. The van der Waals surface area contributed by atoms with E-state index in [-0.39, 0.29) is 28.4 Å². The van der Waals surface area contributed by atoms with Crippen molar-refractivity contribution < 1.29 is 21.6 Å². The van der Waals surface area contributed by atoms with Gasteiger partial charge >= 0.3 is 6.18 Å². The molecule has 9 heteroatoms. The lowest BCUT2D eigenvalue weighted by Crippen LogP contribution is -2.20. The molecular formula is C14H14ClF3N2O2S. The molecule has 0 aliphatic heterocycles. The monoisotopic (exact) mass is 366 g/mol. The van der Waals surface area contributed by atoms with Crippen LogP contribution < -0.4 is 0 Å². The Labute approximate surface area is 136 Å². The molecule has 0 bridgehead atoms. The van der Waals surface area contributed by atoms with Gasteiger partial charge in [-0.3, -0.25) is 0 Å². The Balaban J connectivity index is 2.68. The minimum Gasteiger partial charge on any atom is -0.239 e. The summed E-state index contributed by atoms with van der Waals surface area (Å²) in [7, 11) is -4.20. The average molecular weight is 367 g/mol. The van der Waals surface area contributed by atoms with Crippen molar-refractivity contribution in [3.63, 3.8) is 0 Å². The quantitative estimate of drug-likeness (QED) is 0.816. The Morgan fingerprint density at radius 2 is 1.83 bits per heavy atom. The summed E-state index contributed by atoms with van der Waals surface area (Å²) in [5, 5.41) is -0.837. The second-order valence-corrected chi connectivity index (χ2v) is 7.97. The maximum Gasteiger partial charge on any atom is 0.436 e. The summed E-state index contributed by atoms with van der Waals surface area (Å²) in [4.78, 5) is 7.15. The predicted octanol–water partition coefficient (Wildman–Crippen LogP) is 4.12. The molecule has 0 saturated heterocycles. The number of rotatable bonds is 4. The first-order chi connectivity index (χ1) is 10.5. The highest BCUT2D eigenvalue weighted by Gasteiger charge is 2.40. The molecular weight excluding hydrogens is 353 g/mol. The van der Waals surface area contributed by atoms with Gasteiger partial charge in [0, 0.05) is 5.02 Å². The first-order valence-electron chi connectivity index (χ1n) is 6.78. The molecule has 4 nitrogen and oxygen atoms in total. The van der Waals surface area contributed by atoms with Crippen LogP contribution in [-0.2, 0) is 16.0 Å². The van der Waals surface area contributed by atoms with Gasteiger partial charge in [0.2, 0.25) is 0 Å². The number of nitrogens with zero attached hydrogens (tertiary/aromatic N) is 2. The fraction of sp³-hybridized carbons (Fsp3) is 0.429. The van der Waals surface area contributed by atoms with Crippen molar-refractivity contribution in [3.8, 4) is 0 Å². The molecule has 0 N–H and O–H groups in total. The number of fused-ring (bicyclic) bond motifs is 1. The van der Waals surface area contributed by atoms with E-state index in [2.05, 4.69) is 9.97 Å². The predicted molar refractivity (Wildman–Crippen MR) is 81.1 cm³/mol. The molecule has 0 atom stereocenters. The standard InChI is InChI=1S/C14H14ClF3N2O2S/c1-8(2)5-6-23(21,22)13-12(14(16,17)18)19-11-7-9(15)3-4-10(11)20-13/h3-4,7-8H,5-6H2,1-2H3. The van der Waals surface area contributed by atoms with E-state index in [9.17, 15) is 21.6 Å². The highest BCUT2D eigenvalue weighted by molar-refractivity contribution is 7.91. The lowest BCUT2D eigenvalue weighted by atomic mass is 10.2. The molecule has 1 heterocycles. The number of hydrogen-bond donors (Lipinski definition) is 0. The second kappa shape index (κ2) is 6.24. The van der Waals surface area contributed by atoms with Crippen LogP contribution >= 0.6 is 11.6 Å². The molecule has 0 unspecified atom stereocenters. The van der Waals surface area contributed by atoms with Gasteiger partial charge in [-0.25, -0.2) is 18.4 Å². The van der Waals surface area contributed by atoms with E-state index in [4.69, 9.17) is 11.6 Å². The molecule has 0 fully saturated rings. The molecule has 0 saturated carbocycles. The first kappa shape index (κ1) is 17.9. The third-order valence-corrected chi connectivity index (χ3v) is 5.00. The Bertz CT molecular complexity index is 836. The number of hydrogen-bond acceptors (Lipinski definition) is 4. The molecule has 0 aliphatic rings. The number of benzene rings is 1. The van der Waals surface area contributed by atoms with Crippen molar-refractivity contribution >= 4 is 32.5 Å². The zero-order valence-corrected chi connectivity index (χ0v) is 13.9. The van der Waals surface area contributed by atoms with Crippen molar-refractivity contribution in [3.05, 3.63) is 28.9 Å². The van der Waals surface area contributed by atoms with Gasteiger partial charge in [-0.05, 0) is 30.5 Å². The molecule has 0 spiro atoms. The summed E-state index contributed by atoms with van der Waals surface area (Å²) < 4.78 is 64.2. The van der Waals surface area contributed by atoms with Crippen LogP contribution in [0.15, 0.2) is 23.2 Å². The molecule has 1 aromatic carbocycles. The Morgan fingerprint density at radius 1 is 1.17 bits per heavy atom. The third kappa shape index (κ3) is 4.11. The Kier molecular flexibility index (Phi) is 4.86. The average Bonchev–Trinajstić information content (AvgIpc) is 2.42. The molecule has 126 valence electrons. The van der Waals surface area contributed by atoms with Crippen LogP contribution in [0.3, 0.4) is 0 Å². The summed E-state index contributed by atoms with van der Waals surface area (Å²) in [6.45, 7) is 3.57. The highest BCUT2D eigenvalue weighted by atomic mass is 35.5. The van der Waals surface area contributed by atoms with E-state index >= 15 is 0 Å². The largest absolute Gasteiger partial charge is 0.436 e. The first-order valence-corrected chi connectivity index (χ1v) is 8.81. The fourth-order valence-electron chi connectivity index (χ4n) is 1.90. The molecule has 2 aromatic rings. The fourth-order valence-corrected chi connectivity index (χ4v) is 3.74. The summed E-state index contributed by atoms with van der Waals surface area (Å²) in [5.74, 6) is -0.382. The molecule has 2 rings (SSSR count). The summed E-state index contributed by atoms with van der Waals surface area (Å²) >= 11 is 5.73. The van der Waals surface area contributed by atoms with E-state index in [0.29, 0.717) is 0 Å². The van der Waals surface area contributed by atoms with Crippen molar-refractivity contribution in [2.24, 2.45) is 5.92 Å². The van der Waals surface area contributed by atoms with Gasteiger partial charge in [0.1, 0.15) is 0 Å². The number of alkyl halides is 3. The van der Waals surface area contributed by atoms with Crippen LogP contribution in [-0.4, -0.2) is 24.1 Å². The summed E-state index contributed by atoms with van der Waals surface area (Å²) in [5.41, 5.74) is -1.56.